The van der Waals surface area contributed by atoms with Crippen LogP contribution in [-0.4, -0.2) is 56.9 Å². The maximum atomic E-state index is 12.5. The van der Waals surface area contributed by atoms with E-state index in [9.17, 15) is 19.2 Å². The Labute approximate surface area is 154 Å². The summed E-state index contributed by atoms with van der Waals surface area (Å²) in [6.45, 7) is 0. The maximum Gasteiger partial charge on any atom is 0.355 e. The Bertz CT molecular complexity index is 844. The van der Waals surface area contributed by atoms with Gasteiger partial charge in [-0.2, -0.15) is 0 Å². The second kappa shape index (κ2) is 8.17. The van der Waals surface area contributed by atoms with E-state index in [4.69, 9.17) is 18.9 Å². The highest BCUT2D eigenvalue weighted by Gasteiger charge is 2.39. The largest absolute Gasteiger partial charge is 0.465 e. The Morgan fingerprint density at radius 2 is 1.00 bits per heavy atom. The van der Waals surface area contributed by atoms with E-state index < -0.39 is 35.0 Å². The summed E-state index contributed by atoms with van der Waals surface area (Å²) in [5, 5.41) is 0. The van der Waals surface area contributed by atoms with Crippen LogP contribution in [0.4, 0.5) is 0 Å². The van der Waals surface area contributed by atoms with E-state index >= 15 is 0 Å². The molecule has 0 aliphatic carbocycles. The van der Waals surface area contributed by atoms with Gasteiger partial charge in [-0.3, -0.25) is 4.57 Å². The van der Waals surface area contributed by atoms with Gasteiger partial charge in [0.1, 0.15) is 22.5 Å². The summed E-state index contributed by atoms with van der Waals surface area (Å²) in [5.41, 5.74) is -1.33. The van der Waals surface area contributed by atoms with Gasteiger partial charge in [0.05, 0.1) is 28.4 Å². The third-order valence-corrected chi connectivity index (χ3v) is 3.72. The van der Waals surface area contributed by atoms with E-state index in [-0.39, 0.29) is 11.4 Å². The molecule has 0 saturated carbocycles. The minimum atomic E-state index is -1.02. The van der Waals surface area contributed by atoms with E-state index in [0.29, 0.717) is 5.69 Å². The first-order chi connectivity index (χ1) is 12.9. The van der Waals surface area contributed by atoms with Gasteiger partial charge in [-0.25, -0.2) is 19.2 Å². The topological polar surface area (TPSA) is 110 Å². The molecule has 0 atom stereocenters. The molecule has 2 aromatic rings. The average molecular weight is 375 g/mol. The third kappa shape index (κ3) is 3.39. The van der Waals surface area contributed by atoms with Gasteiger partial charge in [0.15, 0.2) is 0 Å². The molecule has 9 nitrogen and oxygen atoms in total. The van der Waals surface area contributed by atoms with E-state index in [2.05, 4.69) is 0 Å². The highest BCUT2D eigenvalue weighted by atomic mass is 16.5. The van der Waals surface area contributed by atoms with Crippen LogP contribution in [0.15, 0.2) is 30.3 Å². The lowest BCUT2D eigenvalue weighted by Crippen LogP contribution is -2.17. The van der Waals surface area contributed by atoms with Crippen molar-refractivity contribution in [3.8, 4) is 5.69 Å². The minimum Gasteiger partial charge on any atom is -0.465 e. The number of methoxy groups -OCH3 is 4. The summed E-state index contributed by atoms with van der Waals surface area (Å²) >= 11 is 0. The van der Waals surface area contributed by atoms with Crippen molar-refractivity contribution in [3.63, 3.8) is 0 Å². The predicted octanol–water partition coefficient (Wildman–Crippen LogP) is 1.62. The Balaban J connectivity index is 3.10. The number of esters is 4. The van der Waals surface area contributed by atoms with E-state index in [1.54, 1.807) is 30.3 Å². The van der Waals surface area contributed by atoms with Gasteiger partial charge < -0.3 is 18.9 Å². The molecule has 0 aliphatic heterocycles. The van der Waals surface area contributed by atoms with Crippen LogP contribution in [0.3, 0.4) is 0 Å². The van der Waals surface area contributed by atoms with Gasteiger partial charge in [0, 0.05) is 5.69 Å². The number of rotatable bonds is 5. The van der Waals surface area contributed by atoms with Gasteiger partial charge in [0.2, 0.25) is 0 Å². The molecule has 0 saturated heterocycles. The Hall–Kier alpha value is -3.62. The smallest absolute Gasteiger partial charge is 0.355 e. The Kier molecular flexibility index (Phi) is 5.96. The number of carbonyl (C=O) groups is 4. The van der Waals surface area contributed by atoms with Crippen LogP contribution < -0.4 is 0 Å². The lowest BCUT2D eigenvalue weighted by molar-refractivity contribution is 0.0530. The number of hydrogen-bond acceptors (Lipinski definition) is 8. The highest BCUT2D eigenvalue weighted by molar-refractivity contribution is 6.15. The van der Waals surface area contributed by atoms with Gasteiger partial charge in [0.25, 0.3) is 0 Å². The van der Waals surface area contributed by atoms with Crippen molar-refractivity contribution in [3.05, 3.63) is 52.8 Å². The number of nitrogens with zero attached hydrogens (tertiary/aromatic N) is 1. The van der Waals surface area contributed by atoms with Gasteiger partial charge in [-0.05, 0) is 12.1 Å². The molecule has 0 radical (unpaired) electrons. The zero-order valence-electron chi connectivity index (χ0n) is 15.1. The minimum absolute atomic E-state index is 0.318. The molecule has 0 aliphatic rings. The molecule has 9 heteroatoms. The zero-order valence-corrected chi connectivity index (χ0v) is 15.1. The fourth-order valence-electron chi connectivity index (χ4n) is 2.59. The van der Waals surface area contributed by atoms with Gasteiger partial charge in [-0.1, -0.05) is 18.2 Å². The molecule has 0 spiro atoms. The number of carbonyl (C=O) groups excluding carboxylic acids is 4. The van der Waals surface area contributed by atoms with Crippen LogP contribution in [0.2, 0.25) is 0 Å². The predicted molar refractivity (Wildman–Crippen MR) is 91.1 cm³/mol. The van der Waals surface area contributed by atoms with Crippen molar-refractivity contribution >= 4 is 23.9 Å². The fourth-order valence-corrected chi connectivity index (χ4v) is 2.59. The zero-order chi connectivity index (χ0) is 20.1. The summed E-state index contributed by atoms with van der Waals surface area (Å²) < 4.78 is 20.0. The molecule has 0 N–H and O–H groups in total. The standard InChI is InChI=1S/C18H17NO8/c1-24-15(20)11-12(16(21)25-2)14(18(23)27-4)19(13(11)17(22)26-3)10-8-6-5-7-9-10/h5-9H,1-4H3. The average Bonchev–Trinajstić information content (AvgIpc) is 3.08. The summed E-state index contributed by atoms with van der Waals surface area (Å²) in [7, 11) is 4.34. The van der Waals surface area contributed by atoms with E-state index in [1.807, 2.05) is 0 Å². The molecule has 0 bridgehead atoms. The number of para-hydroxylation sites is 1. The number of ether oxygens (including phenoxy) is 4. The molecule has 142 valence electrons. The van der Waals surface area contributed by atoms with Crippen molar-refractivity contribution in [2.75, 3.05) is 28.4 Å². The van der Waals surface area contributed by atoms with Crippen molar-refractivity contribution in [1.29, 1.82) is 0 Å². The molecular formula is C18H17NO8. The summed E-state index contributed by atoms with van der Waals surface area (Å²) in [6, 6.07) is 8.15. The van der Waals surface area contributed by atoms with Crippen LogP contribution >= 0.6 is 0 Å². The van der Waals surface area contributed by atoms with Crippen LogP contribution in [0.5, 0.6) is 0 Å². The molecule has 1 aromatic carbocycles. The first-order valence-electron chi connectivity index (χ1n) is 7.60. The normalized spacial score (nSPS) is 10.1. The molecule has 27 heavy (non-hydrogen) atoms. The SMILES string of the molecule is COC(=O)c1c(C(=O)OC)c(C(=O)OC)n(-c2ccccc2)c1C(=O)OC. The first kappa shape index (κ1) is 19.7. The van der Waals surface area contributed by atoms with Crippen molar-refractivity contribution in [2.24, 2.45) is 0 Å². The van der Waals surface area contributed by atoms with Crippen LogP contribution in [0.1, 0.15) is 41.7 Å². The third-order valence-electron chi connectivity index (χ3n) is 3.72. The summed E-state index contributed by atoms with van der Waals surface area (Å²) in [4.78, 5) is 49.8. The van der Waals surface area contributed by atoms with Gasteiger partial charge in [-0.15, -0.1) is 0 Å². The van der Waals surface area contributed by atoms with E-state index in [1.165, 1.54) is 0 Å². The second-order valence-corrected chi connectivity index (χ2v) is 5.08. The number of aromatic nitrogens is 1. The van der Waals surface area contributed by atoms with Crippen molar-refractivity contribution in [2.45, 2.75) is 0 Å². The van der Waals surface area contributed by atoms with Gasteiger partial charge >= 0.3 is 23.9 Å². The Morgan fingerprint density at radius 1 is 0.630 bits per heavy atom. The molecule has 1 aromatic heterocycles. The molecule has 0 amide bonds. The molecule has 0 fully saturated rings. The monoisotopic (exact) mass is 375 g/mol. The lowest BCUT2D eigenvalue weighted by atomic mass is 10.1. The van der Waals surface area contributed by atoms with Crippen molar-refractivity contribution in [1.82, 2.24) is 4.57 Å². The first-order valence-corrected chi connectivity index (χ1v) is 7.60. The molecular weight excluding hydrogens is 358 g/mol. The summed E-state index contributed by atoms with van der Waals surface area (Å²) in [6.07, 6.45) is 0. The molecule has 2 rings (SSSR count). The molecule has 1 heterocycles. The quantitative estimate of drug-likeness (QED) is 0.573. The highest BCUT2D eigenvalue weighted by Crippen LogP contribution is 2.30. The van der Waals surface area contributed by atoms with Crippen molar-refractivity contribution < 1.29 is 38.1 Å². The Morgan fingerprint density at radius 3 is 1.33 bits per heavy atom. The number of hydrogen-bond donors (Lipinski definition) is 0. The van der Waals surface area contributed by atoms with E-state index in [0.717, 1.165) is 33.0 Å². The number of benzene rings is 1. The van der Waals surface area contributed by atoms with Crippen LogP contribution in [-0.2, 0) is 18.9 Å². The second-order valence-electron chi connectivity index (χ2n) is 5.08. The van der Waals surface area contributed by atoms with Crippen LogP contribution in [0.25, 0.3) is 5.69 Å². The fraction of sp³-hybridized carbons (Fsp3) is 0.222. The molecule has 0 unspecified atom stereocenters. The maximum absolute atomic E-state index is 12.5. The lowest BCUT2D eigenvalue weighted by Gasteiger charge is -2.12. The summed E-state index contributed by atoms with van der Waals surface area (Å²) in [5.74, 6) is -3.95. The van der Waals surface area contributed by atoms with Crippen LogP contribution in [0, 0.1) is 0 Å².